The Hall–Kier alpha value is -3.33. The van der Waals surface area contributed by atoms with Crippen molar-refractivity contribution in [3.63, 3.8) is 0 Å². The first-order chi connectivity index (χ1) is 15.5. The molecule has 2 aromatic heterocycles. The van der Waals surface area contributed by atoms with E-state index in [-0.39, 0.29) is 5.56 Å². The molecule has 1 aliphatic heterocycles. The van der Waals surface area contributed by atoms with Crippen molar-refractivity contribution in [2.24, 2.45) is 0 Å². The minimum absolute atomic E-state index is 0.291. The van der Waals surface area contributed by atoms with E-state index in [2.05, 4.69) is 27.9 Å². The highest BCUT2D eigenvalue weighted by molar-refractivity contribution is 5.90. The van der Waals surface area contributed by atoms with Gasteiger partial charge in [-0.25, -0.2) is 4.98 Å². The first-order valence-corrected chi connectivity index (χ1v) is 10.6. The average Bonchev–Trinajstić information content (AvgIpc) is 2.76. The van der Waals surface area contributed by atoms with Crippen molar-refractivity contribution in [2.45, 2.75) is 25.9 Å². The molecule has 9 heteroatoms. The van der Waals surface area contributed by atoms with E-state index in [9.17, 15) is 4.79 Å². The zero-order valence-electron chi connectivity index (χ0n) is 19.1. The van der Waals surface area contributed by atoms with Gasteiger partial charge < -0.3 is 19.1 Å². The molecule has 1 aliphatic rings. The van der Waals surface area contributed by atoms with Crippen LogP contribution in [0.25, 0.3) is 10.9 Å². The topological polar surface area (TPSA) is 92.8 Å². The molecule has 0 amide bonds. The van der Waals surface area contributed by atoms with Crippen LogP contribution in [0.5, 0.6) is 17.2 Å². The molecule has 1 unspecified atom stereocenters. The van der Waals surface area contributed by atoms with Gasteiger partial charge in [0.1, 0.15) is 5.39 Å². The predicted octanol–water partition coefficient (Wildman–Crippen LogP) is 2.75. The number of nitrogens with one attached hydrogen (secondary N) is 1. The zero-order valence-corrected chi connectivity index (χ0v) is 19.1. The Bertz CT molecular complexity index is 1170. The summed E-state index contributed by atoms with van der Waals surface area (Å²) < 4.78 is 16.2. The lowest BCUT2D eigenvalue weighted by Crippen LogP contribution is -2.39. The summed E-state index contributed by atoms with van der Waals surface area (Å²) in [7, 11) is 6.38. The highest BCUT2D eigenvalue weighted by atomic mass is 16.5. The number of pyridine rings is 1. The average molecular weight is 440 g/mol. The SMILES string of the molecule is COc1cc2nc(N(C)Cc3cccc(C(C)N4CCC4)n3)[nH]c(=O)c2c(OC)c1OC. The number of H-pyrrole nitrogens is 1. The number of nitrogens with zero attached hydrogens (tertiary/aromatic N) is 4. The number of benzene rings is 1. The fraction of sp³-hybridized carbons (Fsp3) is 0.435. The first kappa shape index (κ1) is 21.9. The molecule has 170 valence electrons. The number of hydrogen-bond donors (Lipinski definition) is 1. The fourth-order valence-electron chi connectivity index (χ4n) is 3.99. The second-order valence-electron chi connectivity index (χ2n) is 7.90. The van der Waals surface area contributed by atoms with Crippen LogP contribution in [0.15, 0.2) is 29.1 Å². The van der Waals surface area contributed by atoms with E-state index < -0.39 is 0 Å². The second kappa shape index (κ2) is 9.04. The largest absolute Gasteiger partial charge is 0.493 e. The number of fused-ring (bicyclic) bond motifs is 1. The van der Waals surface area contributed by atoms with E-state index in [4.69, 9.17) is 19.2 Å². The molecule has 32 heavy (non-hydrogen) atoms. The van der Waals surface area contributed by atoms with E-state index >= 15 is 0 Å². The Morgan fingerprint density at radius 2 is 1.88 bits per heavy atom. The number of rotatable bonds is 8. The van der Waals surface area contributed by atoms with E-state index in [1.165, 1.54) is 27.8 Å². The smallest absolute Gasteiger partial charge is 0.264 e. The maximum absolute atomic E-state index is 12.9. The Kier molecular flexibility index (Phi) is 6.18. The summed E-state index contributed by atoms with van der Waals surface area (Å²) in [5, 5.41) is 0.311. The maximum Gasteiger partial charge on any atom is 0.264 e. The van der Waals surface area contributed by atoms with Crippen LogP contribution in [-0.4, -0.2) is 61.3 Å². The summed E-state index contributed by atoms with van der Waals surface area (Å²) in [6.45, 7) is 4.92. The summed E-state index contributed by atoms with van der Waals surface area (Å²) in [6.07, 6.45) is 1.25. The van der Waals surface area contributed by atoms with E-state index in [1.807, 2.05) is 24.1 Å². The van der Waals surface area contributed by atoms with Gasteiger partial charge in [0.2, 0.25) is 11.7 Å². The zero-order chi connectivity index (χ0) is 22.8. The van der Waals surface area contributed by atoms with Gasteiger partial charge in [0, 0.05) is 32.2 Å². The number of aromatic amines is 1. The van der Waals surface area contributed by atoms with Crippen molar-refractivity contribution >= 4 is 16.9 Å². The summed E-state index contributed by atoms with van der Waals surface area (Å²) in [5.74, 6) is 1.52. The van der Waals surface area contributed by atoms with Gasteiger partial charge in [0.25, 0.3) is 5.56 Å². The lowest BCUT2D eigenvalue weighted by atomic mass is 10.1. The third kappa shape index (κ3) is 3.95. The molecule has 3 aromatic rings. The first-order valence-electron chi connectivity index (χ1n) is 10.6. The van der Waals surface area contributed by atoms with E-state index in [0.29, 0.717) is 46.7 Å². The van der Waals surface area contributed by atoms with Gasteiger partial charge in [-0.3, -0.25) is 19.7 Å². The monoisotopic (exact) mass is 439 g/mol. The van der Waals surface area contributed by atoms with Gasteiger partial charge in [-0.1, -0.05) is 6.07 Å². The molecule has 4 rings (SSSR count). The molecule has 1 saturated heterocycles. The van der Waals surface area contributed by atoms with Crippen molar-refractivity contribution in [3.8, 4) is 17.2 Å². The molecule has 0 spiro atoms. The van der Waals surface area contributed by atoms with Gasteiger partial charge >= 0.3 is 0 Å². The third-order valence-corrected chi connectivity index (χ3v) is 5.94. The number of hydrogen-bond acceptors (Lipinski definition) is 8. The van der Waals surface area contributed by atoms with Crippen molar-refractivity contribution in [1.82, 2.24) is 19.9 Å². The molecule has 0 saturated carbocycles. The van der Waals surface area contributed by atoms with Crippen molar-refractivity contribution in [3.05, 3.63) is 46.0 Å². The quantitative estimate of drug-likeness (QED) is 0.573. The minimum atomic E-state index is -0.317. The molecule has 0 aliphatic carbocycles. The number of aromatic nitrogens is 3. The van der Waals surface area contributed by atoms with Gasteiger partial charge in [0.05, 0.1) is 44.8 Å². The fourth-order valence-corrected chi connectivity index (χ4v) is 3.99. The molecule has 1 N–H and O–H groups in total. The van der Waals surface area contributed by atoms with Gasteiger partial charge in [-0.2, -0.15) is 0 Å². The normalized spacial score (nSPS) is 14.7. The summed E-state index contributed by atoms with van der Waals surface area (Å²) >= 11 is 0. The van der Waals surface area contributed by atoms with Crippen LogP contribution in [-0.2, 0) is 6.54 Å². The minimum Gasteiger partial charge on any atom is -0.493 e. The van der Waals surface area contributed by atoms with E-state index in [0.717, 1.165) is 24.5 Å². The van der Waals surface area contributed by atoms with Crippen molar-refractivity contribution < 1.29 is 14.2 Å². The predicted molar refractivity (Wildman–Crippen MR) is 123 cm³/mol. The molecule has 3 heterocycles. The molecule has 1 atom stereocenters. The van der Waals surface area contributed by atoms with Crippen molar-refractivity contribution in [1.29, 1.82) is 0 Å². The van der Waals surface area contributed by atoms with Crippen LogP contribution in [0.2, 0.25) is 0 Å². The lowest BCUT2D eigenvalue weighted by molar-refractivity contribution is 0.126. The Morgan fingerprint density at radius 3 is 2.50 bits per heavy atom. The number of methoxy groups -OCH3 is 3. The highest BCUT2D eigenvalue weighted by Crippen LogP contribution is 2.41. The molecule has 1 aromatic carbocycles. The van der Waals surface area contributed by atoms with Crippen LogP contribution in [0.1, 0.15) is 30.8 Å². The van der Waals surface area contributed by atoms with Crippen LogP contribution >= 0.6 is 0 Å². The standard InChI is InChI=1S/C23H29N5O4/c1-14(28-10-7-11-28)16-9-6-8-15(24-16)13-27(2)23-25-17-12-18(30-3)20(31-4)21(32-5)19(17)22(29)26-23/h6,8-9,12,14H,7,10-11,13H2,1-5H3,(H,25,26,29). The van der Waals surface area contributed by atoms with Gasteiger partial charge in [-0.15, -0.1) is 0 Å². The summed E-state index contributed by atoms with van der Waals surface area (Å²) in [6, 6.07) is 8.05. The lowest BCUT2D eigenvalue weighted by Gasteiger charge is -2.36. The van der Waals surface area contributed by atoms with Crippen molar-refractivity contribution in [2.75, 3.05) is 46.4 Å². The van der Waals surface area contributed by atoms with Gasteiger partial charge in [-0.05, 0) is 25.5 Å². The van der Waals surface area contributed by atoms with Gasteiger partial charge in [0.15, 0.2) is 11.5 Å². The maximum atomic E-state index is 12.9. The van der Waals surface area contributed by atoms with Crippen LogP contribution in [0.3, 0.4) is 0 Å². The number of likely N-dealkylation sites (tertiary alicyclic amines) is 1. The van der Waals surface area contributed by atoms with Crippen LogP contribution < -0.4 is 24.7 Å². The summed E-state index contributed by atoms with van der Waals surface area (Å²) in [5.41, 5.74) is 2.10. The Labute approximate surface area is 186 Å². The molecule has 9 nitrogen and oxygen atoms in total. The van der Waals surface area contributed by atoms with E-state index in [1.54, 1.807) is 6.07 Å². The highest BCUT2D eigenvalue weighted by Gasteiger charge is 2.23. The molecule has 1 fully saturated rings. The molecular weight excluding hydrogens is 410 g/mol. The van der Waals surface area contributed by atoms with Crippen LogP contribution in [0.4, 0.5) is 5.95 Å². The second-order valence-corrected chi connectivity index (χ2v) is 7.90. The Morgan fingerprint density at radius 1 is 1.12 bits per heavy atom. The van der Waals surface area contributed by atoms with Crippen LogP contribution in [0, 0.1) is 0 Å². The molecular formula is C23H29N5O4. The third-order valence-electron chi connectivity index (χ3n) is 5.94. The summed E-state index contributed by atoms with van der Waals surface area (Å²) in [4.78, 5) is 29.6. The Balaban J connectivity index is 1.66. The molecule has 0 radical (unpaired) electrons. The number of ether oxygens (including phenoxy) is 3. The molecule has 0 bridgehead atoms. The number of anilines is 1.